The van der Waals surface area contributed by atoms with Crippen LogP contribution in [-0.2, 0) is 16.6 Å². The maximum Gasteiger partial charge on any atom is 0.236 e. The minimum absolute atomic E-state index is 0.290. The van der Waals surface area contributed by atoms with Crippen LogP contribution in [0.1, 0.15) is 18.4 Å². The highest BCUT2D eigenvalue weighted by Gasteiger charge is 2.54. The first-order valence-corrected chi connectivity index (χ1v) is 15.5. The Morgan fingerprint density at radius 1 is 0.929 bits per heavy atom. The lowest BCUT2D eigenvalue weighted by molar-refractivity contribution is 0.116. The van der Waals surface area contributed by atoms with E-state index in [1.165, 1.54) is 0 Å². The molecule has 42 heavy (non-hydrogen) atoms. The number of hydrogen-bond donors (Lipinski definition) is 1. The van der Waals surface area contributed by atoms with Crippen LogP contribution in [-0.4, -0.2) is 62.3 Å². The Morgan fingerprint density at radius 3 is 2.43 bits per heavy atom. The summed E-state index contributed by atoms with van der Waals surface area (Å²) in [5.74, 6) is 1.08. The van der Waals surface area contributed by atoms with Crippen LogP contribution in [0.15, 0.2) is 97.0 Å². The lowest BCUT2D eigenvalue weighted by Crippen LogP contribution is -2.56. The van der Waals surface area contributed by atoms with Crippen molar-refractivity contribution >= 4 is 27.0 Å². The van der Waals surface area contributed by atoms with E-state index in [0.717, 1.165) is 70.6 Å². The number of fused-ring (bicyclic) bond motifs is 1. The smallest absolute Gasteiger partial charge is 0.236 e. The number of benzene rings is 2. The second kappa shape index (κ2) is 10.2. The first kappa shape index (κ1) is 26.5. The summed E-state index contributed by atoms with van der Waals surface area (Å²) < 4.78 is 28.8. The molecule has 1 saturated heterocycles. The fourth-order valence-electron chi connectivity index (χ4n) is 5.98. The molecule has 0 radical (unpaired) electrons. The van der Waals surface area contributed by atoms with Crippen molar-refractivity contribution in [1.82, 2.24) is 28.7 Å². The Balaban J connectivity index is 1.23. The molecule has 5 aromatic rings. The van der Waals surface area contributed by atoms with Gasteiger partial charge >= 0.3 is 0 Å². The van der Waals surface area contributed by atoms with E-state index in [1.54, 1.807) is 10.5 Å². The highest BCUT2D eigenvalue weighted by atomic mass is 32.2. The molecular weight excluding hydrogens is 546 g/mol. The molecule has 0 bridgehead atoms. The van der Waals surface area contributed by atoms with Crippen LogP contribution in [0, 0.1) is 0 Å². The predicted octanol–water partition coefficient (Wildman–Crippen LogP) is 4.86. The number of nitrogens with two attached hydrogens (primary N) is 1. The van der Waals surface area contributed by atoms with Crippen LogP contribution in [0.4, 0.5) is 5.82 Å². The molecule has 2 fully saturated rings. The van der Waals surface area contributed by atoms with E-state index in [4.69, 9.17) is 15.7 Å². The molecule has 2 N–H and O–H groups in total. The van der Waals surface area contributed by atoms with Gasteiger partial charge in [-0.3, -0.25) is 9.47 Å². The molecule has 2 aromatic carbocycles. The van der Waals surface area contributed by atoms with Crippen molar-refractivity contribution in [2.75, 3.05) is 25.4 Å². The molecule has 212 valence electrons. The van der Waals surface area contributed by atoms with E-state index in [-0.39, 0.29) is 5.54 Å². The summed E-state index contributed by atoms with van der Waals surface area (Å²) in [6, 6.07) is 26.2. The van der Waals surface area contributed by atoms with E-state index in [2.05, 4.69) is 40.7 Å². The van der Waals surface area contributed by atoms with Crippen molar-refractivity contribution in [3.05, 3.63) is 103 Å². The lowest BCUT2D eigenvalue weighted by Gasteiger charge is -2.40. The second-order valence-electron chi connectivity index (χ2n) is 11.0. The lowest BCUT2D eigenvalue weighted by atomic mass is 10.1. The summed E-state index contributed by atoms with van der Waals surface area (Å²) >= 11 is 0. The van der Waals surface area contributed by atoms with Gasteiger partial charge in [0.2, 0.25) is 10.0 Å². The summed E-state index contributed by atoms with van der Waals surface area (Å²) in [5, 5.41) is 1.08. The number of hydrogen-bond acceptors (Lipinski definition) is 7. The minimum atomic E-state index is -3.42. The maximum absolute atomic E-state index is 12.5. The summed E-state index contributed by atoms with van der Waals surface area (Å²) in [7, 11) is -3.42. The van der Waals surface area contributed by atoms with E-state index in [9.17, 15) is 8.42 Å². The number of pyridine rings is 2. The number of aromatic nitrogens is 4. The predicted molar refractivity (Wildman–Crippen MR) is 165 cm³/mol. The third-order valence-corrected chi connectivity index (χ3v) is 9.87. The number of nitrogens with zero attached hydrogens (tertiary/aromatic N) is 6. The molecule has 10 heteroatoms. The van der Waals surface area contributed by atoms with Gasteiger partial charge in [-0.2, -0.15) is 4.31 Å². The standard InChI is InChI=1S/C32H31N7O2S/c1-2-42(40,41)38-20-19-37(22-32(38)16-17-32)21-23-10-12-25(13-11-23)39-30(26-9-6-18-34-29(26)33)36-28-15-14-27(35-31(28)39)24-7-4-3-5-8-24/h2-15,18H,1,16-17,19-22H2,(H2,33,34). The van der Waals surface area contributed by atoms with Crippen molar-refractivity contribution in [2.24, 2.45) is 0 Å². The van der Waals surface area contributed by atoms with E-state index in [1.807, 2.05) is 59.2 Å². The van der Waals surface area contributed by atoms with Gasteiger partial charge in [-0.25, -0.2) is 23.4 Å². The summed E-state index contributed by atoms with van der Waals surface area (Å²) in [4.78, 5) is 16.6. The van der Waals surface area contributed by atoms with Crippen molar-refractivity contribution in [3.63, 3.8) is 0 Å². The van der Waals surface area contributed by atoms with Crippen LogP contribution >= 0.6 is 0 Å². The van der Waals surface area contributed by atoms with Gasteiger partial charge in [-0.05, 0) is 54.8 Å². The first-order valence-electron chi connectivity index (χ1n) is 14.0. The molecule has 4 heterocycles. The molecular formula is C32H31N7O2S. The van der Waals surface area contributed by atoms with Crippen molar-refractivity contribution in [2.45, 2.75) is 24.9 Å². The molecule has 0 amide bonds. The molecule has 1 saturated carbocycles. The number of imidazole rings is 1. The normalized spacial score (nSPS) is 17.0. The SMILES string of the molecule is C=CS(=O)(=O)N1CCN(Cc2ccc(-n3c(-c4cccnc4N)nc4ccc(-c5ccccc5)nc43)cc2)CC12CC2. The monoisotopic (exact) mass is 577 g/mol. The molecule has 1 spiro atoms. The van der Waals surface area contributed by atoms with Gasteiger partial charge in [0, 0.05) is 54.6 Å². The van der Waals surface area contributed by atoms with Gasteiger partial charge in [-0.1, -0.05) is 49.0 Å². The van der Waals surface area contributed by atoms with E-state index in [0.29, 0.717) is 24.7 Å². The number of anilines is 1. The van der Waals surface area contributed by atoms with E-state index >= 15 is 0 Å². The first-order chi connectivity index (χ1) is 20.4. The highest BCUT2D eigenvalue weighted by Crippen LogP contribution is 2.46. The zero-order valence-electron chi connectivity index (χ0n) is 23.1. The van der Waals surface area contributed by atoms with Crippen molar-refractivity contribution in [1.29, 1.82) is 0 Å². The number of rotatable bonds is 7. The number of sulfonamides is 1. The molecule has 3 aromatic heterocycles. The molecule has 0 atom stereocenters. The highest BCUT2D eigenvalue weighted by molar-refractivity contribution is 7.92. The number of nitrogen functional groups attached to an aromatic ring is 1. The summed E-state index contributed by atoms with van der Waals surface area (Å²) in [6.45, 7) is 6.16. The number of piperazine rings is 1. The zero-order chi connectivity index (χ0) is 28.9. The maximum atomic E-state index is 12.5. The average Bonchev–Trinajstić information content (AvgIpc) is 3.66. The third kappa shape index (κ3) is 4.67. The van der Waals surface area contributed by atoms with Gasteiger partial charge in [0.1, 0.15) is 11.3 Å². The van der Waals surface area contributed by atoms with Crippen LogP contribution in [0.2, 0.25) is 0 Å². The molecule has 2 aliphatic rings. The van der Waals surface area contributed by atoms with Crippen molar-refractivity contribution in [3.8, 4) is 28.3 Å². The third-order valence-electron chi connectivity index (χ3n) is 8.27. The van der Waals surface area contributed by atoms with Gasteiger partial charge in [0.05, 0.1) is 11.3 Å². The Bertz CT molecular complexity index is 1900. The Morgan fingerprint density at radius 2 is 1.71 bits per heavy atom. The van der Waals surface area contributed by atoms with Gasteiger partial charge < -0.3 is 5.73 Å². The van der Waals surface area contributed by atoms with Gasteiger partial charge in [0.25, 0.3) is 0 Å². The van der Waals surface area contributed by atoms with Crippen LogP contribution in [0.25, 0.3) is 39.5 Å². The minimum Gasteiger partial charge on any atom is -0.383 e. The second-order valence-corrected chi connectivity index (χ2v) is 12.8. The molecule has 1 aliphatic carbocycles. The molecule has 0 unspecified atom stereocenters. The topological polar surface area (TPSA) is 110 Å². The molecule has 1 aliphatic heterocycles. The molecule has 9 nitrogen and oxygen atoms in total. The average molecular weight is 578 g/mol. The fraction of sp³-hybridized carbons (Fsp3) is 0.219. The quantitative estimate of drug-likeness (QED) is 0.294. The fourth-order valence-corrected chi connectivity index (χ4v) is 7.28. The summed E-state index contributed by atoms with van der Waals surface area (Å²) in [6.07, 6.45) is 3.45. The Hall–Kier alpha value is -4.38. The molecule has 7 rings (SSSR count). The van der Waals surface area contributed by atoms with Crippen LogP contribution in [0.5, 0.6) is 0 Å². The van der Waals surface area contributed by atoms with Gasteiger partial charge in [0.15, 0.2) is 11.5 Å². The van der Waals surface area contributed by atoms with Crippen LogP contribution in [0.3, 0.4) is 0 Å². The zero-order valence-corrected chi connectivity index (χ0v) is 23.9. The van der Waals surface area contributed by atoms with Crippen molar-refractivity contribution < 1.29 is 8.42 Å². The Labute approximate surface area is 245 Å². The van der Waals surface area contributed by atoms with Crippen LogP contribution < -0.4 is 5.73 Å². The largest absolute Gasteiger partial charge is 0.383 e. The van der Waals surface area contributed by atoms with E-state index < -0.39 is 10.0 Å². The Kier molecular flexibility index (Phi) is 6.41. The van der Waals surface area contributed by atoms with Gasteiger partial charge in [-0.15, -0.1) is 0 Å². The summed E-state index contributed by atoms with van der Waals surface area (Å²) in [5.41, 5.74) is 12.2.